The molecule has 29 heavy (non-hydrogen) atoms. The molecule has 10 heteroatoms. The number of carbonyl (C=O) groups is 1. The van der Waals surface area contributed by atoms with E-state index in [-0.39, 0.29) is 29.8 Å². The van der Waals surface area contributed by atoms with Gasteiger partial charge in [-0.3, -0.25) is 4.79 Å². The van der Waals surface area contributed by atoms with Gasteiger partial charge in [0.25, 0.3) is 0 Å². The predicted octanol–water partition coefficient (Wildman–Crippen LogP) is 3.45. The van der Waals surface area contributed by atoms with Crippen LogP contribution in [0.25, 0.3) is 0 Å². The highest BCUT2D eigenvalue weighted by Crippen LogP contribution is 2.31. The van der Waals surface area contributed by atoms with Gasteiger partial charge in [-0.25, -0.2) is 13.4 Å². The Morgan fingerprint density at radius 1 is 1.14 bits per heavy atom. The first-order valence-corrected chi connectivity index (χ1v) is 10.4. The van der Waals surface area contributed by atoms with E-state index in [1.54, 1.807) is 18.3 Å². The fraction of sp³-hybridized carbons (Fsp3) is 0.368. The first-order chi connectivity index (χ1) is 13.6. The summed E-state index contributed by atoms with van der Waals surface area (Å²) < 4.78 is 64.6. The van der Waals surface area contributed by atoms with E-state index >= 15 is 0 Å². The van der Waals surface area contributed by atoms with Gasteiger partial charge in [0.05, 0.1) is 10.5 Å². The van der Waals surface area contributed by atoms with E-state index < -0.39 is 21.8 Å². The lowest BCUT2D eigenvalue weighted by Crippen LogP contribution is -2.41. The summed E-state index contributed by atoms with van der Waals surface area (Å²) in [4.78, 5) is 16.3. The average Bonchev–Trinajstić information content (AvgIpc) is 2.67. The maximum atomic E-state index is 12.7. The van der Waals surface area contributed by atoms with Gasteiger partial charge in [0, 0.05) is 25.2 Å². The fourth-order valence-corrected chi connectivity index (χ4v) is 4.63. The van der Waals surface area contributed by atoms with Gasteiger partial charge in [0.2, 0.25) is 15.9 Å². The molecule has 2 aromatic rings. The summed E-state index contributed by atoms with van der Waals surface area (Å²) in [5, 5.41) is 2.73. The molecule has 1 aliphatic heterocycles. The summed E-state index contributed by atoms with van der Waals surface area (Å²) in [7, 11) is -3.92. The van der Waals surface area contributed by atoms with Gasteiger partial charge in [-0.05, 0) is 61.7 Å². The van der Waals surface area contributed by atoms with Crippen LogP contribution in [0.2, 0.25) is 0 Å². The maximum absolute atomic E-state index is 12.7. The van der Waals surface area contributed by atoms with Crippen LogP contribution in [0.1, 0.15) is 24.0 Å². The second-order valence-electron chi connectivity index (χ2n) is 6.91. The van der Waals surface area contributed by atoms with Crippen molar-refractivity contribution < 1.29 is 26.4 Å². The lowest BCUT2D eigenvalue weighted by molar-refractivity contribution is -0.137. The van der Waals surface area contributed by atoms with Crippen molar-refractivity contribution in [1.82, 2.24) is 9.29 Å². The third-order valence-electron chi connectivity index (χ3n) is 4.81. The van der Waals surface area contributed by atoms with Crippen LogP contribution in [0.5, 0.6) is 0 Å². The molecule has 1 aromatic carbocycles. The summed E-state index contributed by atoms with van der Waals surface area (Å²) in [6.07, 6.45) is -2.31. The molecule has 1 aromatic heterocycles. The molecule has 6 nitrogen and oxygen atoms in total. The molecular weight excluding hydrogens is 407 g/mol. The normalized spacial score (nSPS) is 16.6. The zero-order valence-electron chi connectivity index (χ0n) is 15.6. The first-order valence-electron chi connectivity index (χ1n) is 8.98. The predicted molar refractivity (Wildman–Crippen MR) is 101 cm³/mol. The highest BCUT2D eigenvalue weighted by atomic mass is 32.2. The second-order valence-corrected chi connectivity index (χ2v) is 8.85. The number of nitrogens with one attached hydrogen (secondary N) is 1. The third kappa shape index (κ3) is 4.94. The zero-order valence-corrected chi connectivity index (χ0v) is 16.4. The fourth-order valence-electron chi connectivity index (χ4n) is 3.16. The SMILES string of the molecule is Cc1ccnc(NC(=O)C2CCN(S(=O)(=O)c3ccc(C(F)(F)F)cc3)CC2)c1. The Bertz CT molecular complexity index is 984. The van der Waals surface area contributed by atoms with E-state index in [9.17, 15) is 26.4 Å². The molecule has 0 spiro atoms. The molecule has 156 valence electrons. The van der Waals surface area contributed by atoms with Crippen LogP contribution in [0.4, 0.5) is 19.0 Å². The van der Waals surface area contributed by atoms with Crippen molar-refractivity contribution in [3.8, 4) is 0 Å². The van der Waals surface area contributed by atoms with Gasteiger partial charge in [-0.1, -0.05) is 0 Å². The van der Waals surface area contributed by atoms with Gasteiger partial charge in [0.15, 0.2) is 0 Å². The molecule has 0 radical (unpaired) electrons. The van der Waals surface area contributed by atoms with Crippen LogP contribution in [0.3, 0.4) is 0 Å². The van der Waals surface area contributed by atoms with Gasteiger partial charge >= 0.3 is 6.18 Å². The molecule has 0 atom stereocenters. The Balaban J connectivity index is 1.62. The van der Waals surface area contributed by atoms with E-state index in [1.807, 2.05) is 6.92 Å². The molecule has 1 saturated heterocycles. The number of hydrogen-bond acceptors (Lipinski definition) is 4. The van der Waals surface area contributed by atoms with Crippen LogP contribution < -0.4 is 5.32 Å². The maximum Gasteiger partial charge on any atom is 0.416 e. The van der Waals surface area contributed by atoms with Crippen molar-refractivity contribution in [3.63, 3.8) is 0 Å². The summed E-state index contributed by atoms with van der Waals surface area (Å²) in [6.45, 7) is 2.10. The quantitative estimate of drug-likeness (QED) is 0.811. The Morgan fingerprint density at radius 3 is 2.31 bits per heavy atom. The number of hydrogen-bond donors (Lipinski definition) is 1. The molecular formula is C19H20F3N3O3S. The molecule has 3 rings (SSSR count). The minimum atomic E-state index is -4.53. The molecule has 1 amide bonds. The Morgan fingerprint density at radius 2 is 1.76 bits per heavy atom. The minimum Gasteiger partial charge on any atom is -0.310 e. The number of piperidine rings is 1. The summed E-state index contributed by atoms with van der Waals surface area (Å²) in [6, 6.07) is 6.97. The Hall–Kier alpha value is -2.46. The van der Waals surface area contributed by atoms with Crippen molar-refractivity contribution in [1.29, 1.82) is 0 Å². The van der Waals surface area contributed by atoms with Crippen LogP contribution in [-0.2, 0) is 21.0 Å². The highest BCUT2D eigenvalue weighted by Gasteiger charge is 2.34. The number of benzene rings is 1. The van der Waals surface area contributed by atoms with Crippen LogP contribution >= 0.6 is 0 Å². The first kappa shape index (κ1) is 21.3. The topological polar surface area (TPSA) is 79.4 Å². The van der Waals surface area contributed by atoms with Gasteiger partial charge in [-0.2, -0.15) is 17.5 Å². The molecule has 2 heterocycles. The monoisotopic (exact) mass is 427 g/mol. The van der Waals surface area contributed by atoms with Crippen LogP contribution in [0, 0.1) is 12.8 Å². The van der Waals surface area contributed by atoms with E-state index in [4.69, 9.17) is 0 Å². The van der Waals surface area contributed by atoms with Gasteiger partial charge in [-0.15, -0.1) is 0 Å². The van der Waals surface area contributed by atoms with Crippen molar-refractivity contribution in [2.45, 2.75) is 30.8 Å². The van der Waals surface area contributed by atoms with Crippen molar-refractivity contribution in [2.24, 2.45) is 5.92 Å². The van der Waals surface area contributed by atoms with Crippen LogP contribution in [-0.4, -0.2) is 36.7 Å². The smallest absolute Gasteiger partial charge is 0.310 e. The standard InChI is InChI=1S/C19H20F3N3O3S/c1-13-6-9-23-17(12-13)24-18(26)14-7-10-25(11-8-14)29(27,28)16-4-2-15(3-5-16)19(20,21)22/h2-6,9,12,14H,7-8,10-11H2,1H3,(H,23,24,26). The second kappa shape index (κ2) is 8.11. The number of aryl methyl sites for hydroxylation is 1. The summed E-state index contributed by atoms with van der Waals surface area (Å²) in [5.41, 5.74) is 0.0457. The average molecular weight is 427 g/mol. The summed E-state index contributed by atoms with van der Waals surface area (Å²) >= 11 is 0. The van der Waals surface area contributed by atoms with Gasteiger partial charge in [0.1, 0.15) is 5.82 Å². The largest absolute Gasteiger partial charge is 0.416 e. The number of amides is 1. The van der Waals surface area contributed by atoms with Crippen molar-refractivity contribution in [3.05, 3.63) is 53.7 Å². The Kier molecular flexibility index (Phi) is 5.95. The highest BCUT2D eigenvalue weighted by molar-refractivity contribution is 7.89. The molecule has 1 aliphatic rings. The molecule has 1 N–H and O–H groups in total. The number of alkyl halides is 3. The number of rotatable bonds is 4. The molecule has 0 bridgehead atoms. The molecule has 0 saturated carbocycles. The number of anilines is 1. The number of pyridine rings is 1. The van der Waals surface area contributed by atoms with E-state index in [1.165, 1.54) is 4.31 Å². The molecule has 1 fully saturated rings. The number of aromatic nitrogens is 1. The van der Waals surface area contributed by atoms with Crippen LogP contribution in [0.15, 0.2) is 47.5 Å². The minimum absolute atomic E-state index is 0.114. The number of carbonyl (C=O) groups excluding carboxylic acids is 1. The summed E-state index contributed by atoms with van der Waals surface area (Å²) in [5.74, 6) is -0.152. The lowest BCUT2D eigenvalue weighted by Gasteiger charge is -2.30. The number of halogens is 3. The van der Waals surface area contributed by atoms with Crippen molar-refractivity contribution in [2.75, 3.05) is 18.4 Å². The Labute approximate surface area is 166 Å². The van der Waals surface area contributed by atoms with Crippen molar-refractivity contribution >= 4 is 21.7 Å². The van der Waals surface area contributed by atoms with Gasteiger partial charge < -0.3 is 5.32 Å². The van der Waals surface area contributed by atoms with E-state index in [0.717, 1.165) is 29.8 Å². The number of nitrogens with zero attached hydrogens (tertiary/aromatic N) is 2. The number of sulfonamides is 1. The molecule has 0 unspecified atom stereocenters. The lowest BCUT2D eigenvalue weighted by atomic mass is 9.97. The van der Waals surface area contributed by atoms with E-state index in [0.29, 0.717) is 18.7 Å². The zero-order chi connectivity index (χ0) is 21.2. The third-order valence-corrected chi connectivity index (χ3v) is 6.72. The molecule has 0 aliphatic carbocycles. The van der Waals surface area contributed by atoms with E-state index in [2.05, 4.69) is 10.3 Å².